The molecule has 1 aliphatic carbocycles. The van der Waals surface area contributed by atoms with E-state index in [2.05, 4.69) is 12.2 Å². The number of nitrogens with zero attached hydrogens (tertiary/aromatic N) is 1. The monoisotopic (exact) mass is 282 g/mol. The molecule has 1 aliphatic rings. The van der Waals surface area contributed by atoms with Crippen molar-refractivity contribution in [2.75, 3.05) is 6.54 Å². The Hall–Kier alpha value is -1.65. The first-order valence-corrected chi connectivity index (χ1v) is 6.92. The van der Waals surface area contributed by atoms with Crippen LogP contribution in [0.5, 0.6) is 0 Å². The van der Waals surface area contributed by atoms with Gasteiger partial charge in [0.2, 0.25) is 0 Å². The van der Waals surface area contributed by atoms with Crippen molar-refractivity contribution in [1.29, 1.82) is 0 Å². The van der Waals surface area contributed by atoms with Crippen LogP contribution in [0.4, 0.5) is 13.6 Å². The van der Waals surface area contributed by atoms with E-state index in [1.54, 1.807) is 0 Å². The number of hydrogen-bond acceptors (Lipinski definition) is 1. The second kappa shape index (κ2) is 6.68. The van der Waals surface area contributed by atoms with Crippen molar-refractivity contribution >= 4 is 6.03 Å². The molecule has 1 aromatic rings. The van der Waals surface area contributed by atoms with Gasteiger partial charge in [0, 0.05) is 12.6 Å². The number of rotatable bonds is 5. The first kappa shape index (κ1) is 14.8. The summed E-state index contributed by atoms with van der Waals surface area (Å²) in [6.45, 7) is 1.78. The zero-order valence-electron chi connectivity index (χ0n) is 11.6. The van der Waals surface area contributed by atoms with E-state index >= 15 is 0 Å². The largest absolute Gasteiger partial charge is 0.335 e. The van der Waals surface area contributed by atoms with Gasteiger partial charge in [0.05, 0.1) is 6.54 Å². The standard InChI is InChI=1S/C15H20F2N2O/c1-11-7-13(8-11)18-15(20)19(10-14(16)17)9-12-5-3-2-4-6-12/h2-6,11,13-14H,7-10H2,1H3,(H,18,20). The van der Waals surface area contributed by atoms with Crippen LogP contribution in [-0.4, -0.2) is 29.9 Å². The maximum Gasteiger partial charge on any atom is 0.318 e. The smallest absolute Gasteiger partial charge is 0.318 e. The SMILES string of the molecule is CC1CC(NC(=O)N(Cc2ccccc2)CC(F)F)C1. The molecular weight excluding hydrogens is 262 g/mol. The molecule has 3 nitrogen and oxygen atoms in total. The Kier molecular flexibility index (Phi) is 4.93. The number of benzene rings is 1. The highest BCUT2D eigenvalue weighted by atomic mass is 19.3. The number of alkyl halides is 2. The van der Waals surface area contributed by atoms with Gasteiger partial charge < -0.3 is 10.2 Å². The average Bonchev–Trinajstić information content (AvgIpc) is 2.37. The number of hydrogen-bond donors (Lipinski definition) is 1. The van der Waals surface area contributed by atoms with Crippen LogP contribution < -0.4 is 5.32 Å². The minimum atomic E-state index is -2.52. The molecule has 0 radical (unpaired) electrons. The summed E-state index contributed by atoms with van der Waals surface area (Å²) >= 11 is 0. The minimum Gasteiger partial charge on any atom is -0.335 e. The van der Waals surface area contributed by atoms with Crippen LogP contribution in [0.15, 0.2) is 30.3 Å². The van der Waals surface area contributed by atoms with E-state index in [1.165, 1.54) is 4.90 Å². The number of amides is 2. The van der Waals surface area contributed by atoms with E-state index in [0.717, 1.165) is 18.4 Å². The predicted octanol–water partition coefficient (Wildman–Crippen LogP) is 3.26. The molecule has 5 heteroatoms. The Morgan fingerprint density at radius 3 is 2.55 bits per heavy atom. The van der Waals surface area contributed by atoms with Crippen LogP contribution in [0, 0.1) is 5.92 Å². The van der Waals surface area contributed by atoms with Gasteiger partial charge >= 0.3 is 6.03 Å². The molecule has 0 saturated heterocycles. The lowest BCUT2D eigenvalue weighted by Gasteiger charge is -2.35. The van der Waals surface area contributed by atoms with Gasteiger partial charge in [0.25, 0.3) is 6.43 Å². The number of nitrogens with one attached hydrogen (secondary N) is 1. The van der Waals surface area contributed by atoms with Crippen molar-refractivity contribution in [3.63, 3.8) is 0 Å². The first-order chi connectivity index (χ1) is 9.54. The minimum absolute atomic E-state index is 0.133. The Morgan fingerprint density at radius 2 is 2.00 bits per heavy atom. The molecule has 0 unspecified atom stereocenters. The molecule has 2 amide bonds. The Bertz CT molecular complexity index is 433. The molecule has 0 aliphatic heterocycles. The van der Waals surface area contributed by atoms with Crippen LogP contribution in [-0.2, 0) is 6.54 Å². The lowest BCUT2D eigenvalue weighted by molar-refractivity contribution is 0.0920. The molecule has 1 aromatic carbocycles. The molecule has 110 valence electrons. The van der Waals surface area contributed by atoms with Gasteiger partial charge in [-0.3, -0.25) is 0 Å². The van der Waals surface area contributed by atoms with E-state index in [1.807, 2.05) is 30.3 Å². The third-order valence-corrected chi connectivity index (χ3v) is 3.56. The fourth-order valence-electron chi connectivity index (χ4n) is 2.48. The highest BCUT2D eigenvalue weighted by Gasteiger charge is 2.28. The van der Waals surface area contributed by atoms with Crippen LogP contribution in [0.1, 0.15) is 25.3 Å². The number of carbonyl (C=O) groups is 1. The molecule has 1 N–H and O–H groups in total. The van der Waals surface area contributed by atoms with Gasteiger partial charge in [-0.05, 0) is 24.3 Å². The maximum absolute atomic E-state index is 12.6. The number of halogens is 2. The summed E-state index contributed by atoms with van der Waals surface area (Å²) in [5.74, 6) is 0.609. The molecule has 1 fully saturated rings. The molecule has 0 heterocycles. The molecular formula is C15H20F2N2O. The van der Waals surface area contributed by atoms with E-state index in [4.69, 9.17) is 0 Å². The molecule has 20 heavy (non-hydrogen) atoms. The molecule has 0 aromatic heterocycles. The summed E-state index contributed by atoms with van der Waals surface area (Å²) in [5, 5.41) is 2.83. The van der Waals surface area contributed by atoms with Crippen LogP contribution in [0.3, 0.4) is 0 Å². The number of urea groups is 1. The Balaban J connectivity index is 1.93. The van der Waals surface area contributed by atoms with Crippen molar-refractivity contribution in [2.45, 2.75) is 38.8 Å². The lowest BCUT2D eigenvalue weighted by Crippen LogP contribution is -2.50. The van der Waals surface area contributed by atoms with Crippen molar-refractivity contribution in [3.05, 3.63) is 35.9 Å². The number of carbonyl (C=O) groups excluding carboxylic acids is 1. The van der Waals surface area contributed by atoms with Gasteiger partial charge in [0.15, 0.2) is 0 Å². The molecule has 1 saturated carbocycles. The summed E-state index contributed by atoms with van der Waals surface area (Å²) < 4.78 is 25.2. The van der Waals surface area contributed by atoms with Crippen molar-refractivity contribution in [3.8, 4) is 0 Å². The summed E-state index contributed by atoms with van der Waals surface area (Å²) in [5.41, 5.74) is 0.852. The normalized spacial score (nSPS) is 21.4. The van der Waals surface area contributed by atoms with Gasteiger partial charge in [-0.25, -0.2) is 13.6 Å². The lowest BCUT2D eigenvalue weighted by atomic mass is 9.82. The van der Waals surface area contributed by atoms with E-state index < -0.39 is 19.0 Å². The summed E-state index contributed by atoms with van der Waals surface area (Å²) in [7, 11) is 0. The van der Waals surface area contributed by atoms with Crippen molar-refractivity contribution in [1.82, 2.24) is 10.2 Å². The third-order valence-electron chi connectivity index (χ3n) is 3.56. The fraction of sp³-hybridized carbons (Fsp3) is 0.533. The van der Waals surface area contributed by atoms with E-state index in [9.17, 15) is 13.6 Å². The van der Waals surface area contributed by atoms with Gasteiger partial charge in [-0.1, -0.05) is 37.3 Å². The highest BCUT2D eigenvalue weighted by Crippen LogP contribution is 2.26. The maximum atomic E-state index is 12.6. The van der Waals surface area contributed by atoms with Crippen molar-refractivity contribution < 1.29 is 13.6 Å². The summed E-state index contributed by atoms with van der Waals surface area (Å²) in [4.78, 5) is 13.3. The summed E-state index contributed by atoms with van der Waals surface area (Å²) in [6.07, 6.45) is -0.663. The van der Waals surface area contributed by atoms with Gasteiger partial charge in [-0.2, -0.15) is 0 Å². The highest BCUT2D eigenvalue weighted by molar-refractivity contribution is 5.74. The van der Waals surface area contributed by atoms with Crippen molar-refractivity contribution in [2.24, 2.45) is 5.92 Å². The van der Waals surface area contributed by atoms with E-state index in [0.29, 0.717) is 5.92 Å². The van der Waals surface area contributed by atoms with Gasteiger partial charge in [0.1, 0.15) is 0 Å². The molecule has 0 spiro atoms. The zero-order valence-corrected chi connectivity index (χ0v) is 11.6. The Morgan fingerprint density at radius 1 is 1.35 bits per heavy atom. The fourth-order valence-corrected chi connectivity index (χ4v) is 2.48. The second-order valence-electron chi connectivity index (χ2n) is 5.48. The second-order valence-corrected chi connectivity index (χ2v) is 5.48. The quantitative estimate of drug-likeness (QED) is 0.883. The van der Waals surface area contributed by atoms with Crippen LogP contribution in [0.2, 0.25) is 0 Å². The Labute approximate surface area is 118 Å². The predicted molar refractivity (Wildman–Crippen MR) is 73.6 cm³/mol. The summed E-state index contributed by atoms with van der Waals surface area (Å²) in [6, 6.07) is 8.92. The topological polar surface area (TPSA) is 32.3 Å². The molecule has 0 atom stereocenters. The zero-order chi connectivity index (χ0) is 14.5. The first-order valence-electron chi connectivity index (χ1n) is 6.92. The van der Waals surface area contributed by atoms with Crippen LogP contribution in [0.25, 0.3) is 0 Å². The van der Waals surface area contributed by atoms with Gasteiger partial charge in [-0.15, -0.1) is 0 Å². The molecule has 2 rings (SSSR count). The van der Waals surface area contributed by atoms with E-state index in [-0.39, 0.29) is 12.6 Å². The average molecular weight is 282 g/mol. The third kappa shape index (κ3) is 4.18. The van der Waals surface area contributed by atoms with Crippen LogP contribution >= 0.6 is 0 Å². The molecule has 0 bridgehead atoms.